The van der Waals surface area contributed by atoms with Crippen molar-refractivity contribution in [3.8, 4) is 0 Å². The molecule has 0 radical (unpaired) electrons. The summed E-state index contributed by atoms with van der Waals surface area (Å²) >= 11 is 0. The summed E-state index contributed by atoms with van der Waals surface area (Å²) < 4.78 is 0. The van der Waals surface area contributed by atoms with E-state index in [1.54, 1.807) is 33.3 Å². The molecule has 1 aromatic rings. The standard InChI is InChI=1S/C12H18N4O2/c1-5-16(4)12(18)14-9-6-7-13-10(8-9)11(17)15(2)3/h6-8H,5H2,1-4H3,(H,13,14,18). The van der Waals surface area contributed by atoms with Crippen LogP contribution in [-0.4, -0.2) is 54.4 Å². The van der Waals surface area contributed by atoms with Gasteiger partial charge in [-0.3, -0.25) is 9.78 Å². The Labute approximate surface area is 107 Å². The molecule has 1 N–H and O–H groups in total. The first-order valence-corrected chi connectivity index (χ1v) is 5.65. The number of carbonyl (C=O) groups excluding carboxylic acids is 2. The quantitative estimate of drug-likeness (QED) is 0.878. The molecule has 18 heavy (non-hydrogen) atoms. The molecule has 0 atom stereocenters. The first-order valence-electron chi connectivity index (χ1n) is 5.65. The van der Waals surface area contributed by atoms with Crippen molar-refractivity contribution < 1.29 is 9.59 Å². The van der Waals surface area contributed by atoms with Gasteiger partial charge in [0.25, 0.3) is 5.91 Å². The third kappa shape index (κ3) is 3.44. The number of pyridine rings is 1. The van der Waals surface area contributed by atoms with E-state index >= 15 is 0 Å². The predicted octanol–water partition coefficient (Wildman–Crippen LogP) is 1.27. The topological polar surface area (TPSA) is 65.5 Å². The molecule has 1 heterocycles. The maximum Gasteiger partial charge on any atom is 0.321 e. The van der Waals surface area contributed by atoms with E-state index in [0.29, 0.717) is 17.9 Å². The van der Waals surface area contributed by atoms with Crippen LogP contribution in [0.3, 0.4) is 0 Å². The van der Waals surface area contributed by atoms with Crippen molar-refractivity contribution in [3.63, 3.8) is 0 Å². The molecular weight excluding hydrogens is 232 g/mol. The van der Waals surface area contributed by atoms with Crippen LogP contribution in [0.4, 0.5) is 10.5 Å². The van der Waals surface area contributed by atoms with Crippen LogP contribution in [0.1, 0.15) is 17.4 Å². The van der Waals surface area contributed by atoms with Gasteiger partial charge in [-0.25, -0.2) is 4.79 Å². The zero-order chi connectivity index (χ0) is 13.7. The summed E-state index contributed by atoms with van der Waals surface area (Å²) in [4.78, 5) is 30.3. The van der Waals surface area contributed by atoms with Crippen LogP contribution < -0.4 is 5.32 Å². The number of rotatable bonds is 3. The number of nitrogens with zero attached hydrogens (tertiary/aromatic N) is 3. The minimum atomic E-state index is -0.216. The molecule has 0 saturated carbocycles. The first kappa shape index (κ1) is 14.0. The molecule has 0 fully saturated rings. The van der Waals surface area contributed by atoms with Crippen LogP contribution >= 0.6 is 0 Å². The average molecular weight is 250 g/mol. The van der Waals surface area contributed by atoms with Gasteiger partial charge in [-0.05, 0) is 19.1 Å². The Morgan fingerprint density at radius 2 is 2.00 bits per heavy atom. The number of aromatic nitrogens is 1. The van der Waals surface area contributed by atoms with Gasteiger partial charge in [-0.2, -0.15) is 0 Å². The molecule has 0 spiro atoms. The monoisotopic (exact) mass is 250 g/mol. The molecule has 6 nitrogen and oxygen atoms in total. The van der Waals surface area contributed by atoms with Crippen molar-refractivity contribution in [3.05, 3.63) is 24.0 Å². The first-order chi connectivity index (χ1) is 8.45. The van der Waals surface area contributed by atoms with Gasteiger partial charge in [0.15, 0.2) is 0 Å². The molecular formula is C12H18N4O2. The summed E-state index contributed by atoms with van der Waals surface area (Å²) in [7, 11) is 5.00. The number of urea groups is 1. The van der Waals surface area contributed by atoms with E-state index in [2.05, 4.69) is 10.3 Å². The molecule has 6 heteroatoms. The van der Waals surface area contributed by atoms with Crippen LogP contribution in [0.25, 0.3) is 0 Å². The lowest BCUT2D eigenvalue weighted by Crippen LogP contribution is -2.31. The molecule has 0 aliphatic rings. The van der Waals surface area contributed by atoms with Crippen molar-refractivity contribution in [1.82, 2.24) is 14.8 Å². The van der Waals surface area contributed by atoms with Gasteiger partial charge in [0.2, 0.25) is 0 Å². The van der Waals surface area contributed by atoms with E-state index in [1.165, 1.54) is 16.0 Å². The highest BCUT2D eigenvalue weighted by molar-refractivity contribution is 5.94. The summed E-state index contributed by atoms with van der Waals surface area (Å²) in [6, 6.07) is 2.99. The zero-order valence-corrected chi connectivity index (χ0v) is 11.1. The Morgan fingerprint density at radius 1 is 1.33 bits per heavy atom. The van der Waals surface area contributed by atoms with Crippen LogP contribution in [-0.2, 0) is 0 Å². The van der Waals surface area contributed by atoms with Gasteiger partial charge >= 0.3 is 6.03 Å². The number of anilines is 1. The van der Waals surface area contributed by atoms with Gasteiger partial charge in [-0.15, -0.1) is 0 Å². The second kappa shape index (κ2) is 6.00. The molecule has 1 rings (SSSR count). The van der Waals surface area contributed by atoms with Gasteiger partial charge in [0, 0.05) is 39.6 Å². The van der Waals surface area contributed by atoms with Gasteiger partial charge < -0.3 is 15.1 Å². The van der Waals surface area contributed by atoms with E-state index < -0.39 is 0 Å². The molecule has 1 aromatic heterocycles. The Kier molecular flexibility index (Phi) is 4.65. The lowest BCUT2D eigenvalue weighted by molar-refractivity contribution is 0.0822. The van der Waals surface area contributed by atoms with E-state index in [9.17, 15) is 9.59 Å². The SMILES string of the molecule is CCN(C)C(=O)Nc1ccnc(C(=O)N(C)C)c1. The van der Waals surface area contributed by atoms with E-state index in [4.69, 9.17) is 0 Å². The van der Waals surface area contributed by atoms with Crippen molar-refractivity contribution in [2.45, 2.75) is 6.92 Å². The average Bonchev–Trinajstić information content (AvgIpc) is 2.36. The largest absolute Gasteiger partial charge is 0.343 e. The fourth-order valence-corrected chi connectivity index (χ4v) is 1.22. The molecule has 0 aliphatic heterocycles. The summed E-state index contributed by atoms with van der Waals surface area (Å²) in [5, 5.41) is 2.70. The Bertz CT molecular complexity index is 445. The van der Waals surface area contributed by atoms with Crippen molar-refractivity contribution >= 4 is 17.6 Å². The maximum atomic E-state index is 11.7. The van der Waals surface area contributed by atoms with Crippen molar-refractivity contribution in [1.29, 1.82) is 0 Å². The normalized spacial score (nSPS) is 9.78. The summed E-state index contributed by atoms with van der Waals surface area (Å²) in [5.41, 5.74) is 0.859. The second-order valence-electron chi connectivity index (χ2n) is 4.07. The van der Waals surface area contributed by atoms with Crippen molar-refractivity contribution in [2.24, 2.45) is 0 Å². The maximum absolute atomic E-state index is 11.7. The number of carbonyl (C=O) groups is 2. The molecule has 3 amide bonds. The minimum absolute atomic E-state index is 0.199. The predicted molar refractivity (Wildman–Crippen MR) is 69.6 cm³/mol. The van der Waals surface area contributed by atoms with Gasteiger partial charge in [-0.1, -0.05) is 0 Å². The van der Waals surface area contributed by atoms with Gasteiger partial charge in [0.1, 0.15) is 5.69 Å². The molecule has 0 aliphatic carbocycles. The zero-order valence-electron chi connectivity index (χ0n) is 11.1. The molecule has 0 aromatic carbocycles. The van der Waals surface area contributed by atoms with Crippen LogP contribution in [0.2, 0.25) is 0 Å². The fraction of sp³-hybridized carbons (Fsp3) is 0.417. The van der Waals surface area contributed by atoms with Crippen LogP contribution in [0, 0.1) is 0 Å². The lowest BCUT2D eigenvalue weighted by Gasteiger charge is -2.16. The van der Waals surface area contributed by atoms with Gasteiger partial charge in [0.05, 0.1) is 0 Å². The second-order valence-corrected chi connectivity index (χ2v) is 4.07. The van der Waals surface area contributed by atoms with Crippen LogP contribution in [0.15, 0.2) is 18.3 Å². The lowest BCUT2D eigenvalue weighted by atomic mass is 10.3. The highest BCUT2D eigenvalue weighted by Crippen LogP contribution is 2.10. The molecule has 0 bridgehead atoms. The summed E-state index contributed by atoms with van der Waals surface area (Å²) in [6.45, 7) is 2.49. The fourth-order valence-electron chi connectivity index (χ4n) is 1.22. The van der Waals surface area contributed by atoms with E-state index in [0.717, 1.165) is 0 Å². The van der Waals surface area contributed by atoms with E-state index in [1.807, 2.05) is 6.92 Å². The Hall–Kier alpha value is -2.11. The number of hydrogen-bond donors (Lipinski definition) is 1. The summed E-state index contributed by atoms with van der Waals surface area (Å²) in [6.07, 6.45) is 1.50. The smallest absolute Gasteiger partial charge is 0.321 e. The molecule has 0 saturated heterocycles. The third-order valence-electron chi connectivity index (χ3n) is 2.46. The Morgan fingerprint density at radius 3 is 2.56 bits per heavy atom. The third-order valence-corrected chi connectivity index (χ3v) is 2.46. The number of hydrogen-bond acceptors (Lipinski definition) is 3. The van der Waals surface area contributed by atoms with Crippen LogP contribution in [0.5, 0.6) is 0 Å². The molecule has 0 unspecified atom stereocenters. The van der Waals surface area contributed by atoms with Crippen molar-refractivity contribution in [2.75, 3.05) is 33.0 Å². The molecule has 98 valence electrons. The van der Waals surface area contributed by atoms with E-state index in [-0.39, 0.29) is 11.9 Å². The highest BCUT2D eigenvalue weighted by Gasteiger charge is 2.12. The summed E-state index contributed by atoms with van der Waals surface area (Å²) in [5.74, 6) is -0.199. The highest BCUT2D eigenvalue weighted by atomic mass is 16.2. The number of nitrogens with one attached hydrogen (secondary N) is 1. The minimum Gasteiger partial charge on any atom is -0.343 e. The number of amides is 3. The Balaban J connectivity index is 2.83.